The van der Waals surface area contributed by atoms with E-state index in [1.165, 1.54) is 10.4 Å². The van der Waals surface area contributed by atoms with Gasteiger partial charge in [0.15, 0.2) is 0 Å². The molecule has 2 nitrogen and oxygen atoms in total. The molecule has 0 fully saturated rings. The Balaban J connectivity index is 2.47. The molecule has 2 aromatic carbocycles. The average Bonchev–Trinajstić information content (AvgIpc) is 2.59. The van der Waals surface area contributed by atoms with E-state index in [1.54, 1.807) is 0 Å². The maximum absolute atomic E-state index is 6.73. The first kappa shape index (κ1) is 18.8. The first-order valence-electron chi connectivity index (χ1n) is 8.31. The number of benzene rings is 2. The second kappa shape index (κ2) is 8.50. The molecule has 0 N–H and O–H groups in total. The van der Waals surface area contributed by atoms with Gasteiger partial charge in [0, 0.05) is 6.61 Å². The van der Waals surface area contributed by atoms with Crippen LogP contribution in [0.5, 0.6) is 0 Å². The molecule has 2 rings (SSSR count). The lowest BCUT2D eigenvalue weighted by Crippen LogP contribution is -2.66. The minimum absolute atomic E-state index is 0.0170. The van der Waals surface area contributed by atoms with Gasteiger partial charge in [-0.1, -0.05) is 81.4 Å². The van der Waals surface area contributed by atoms with E-state index in [9.17, 15) is 0 Å². The summed E-state index contributed by atoms with van der Waals surface area (Å²) in [5.74, 6) is 0. The Labute approximate surface area is 151 Å². The summed E-state index contributed by atoms with van der Waals surface area (Å²) in [5, 5.41) is 5.05. The first-order chi connectivity index (χ1) is 11.5. The van der Waals surface area contributed by atoms with Gasteiger partial charge in [0.05, 0.1) is 11.7 Å². The zero-order chi connectivity index (χ0) is 17.5. The van der Waals surface area contributed by atoms with Crippen LogP contribution >= 0.6 is 12.2 Å². The molecule has 0 aliphatic rings. The molecule has 0 aromatic heterocycles. The molecule has 0 radical (unpaired) electrons. The van der Waals surface area contributed by atoms with Crippen LogP contribution in [-0.4, -0.2) is 26.6 Å². The van der Waals surface area contributed by atoms with Crippen molar-refractivity contribution in [2.75, 3.05) is 13.2 Å². The van der Waals surface area contributed by atoms with Crippen LogP contribution in [0.4, 0.5) is 0 Å². The van der Waals surface area contributed by atoms with Gasteiger partial charge in [-0.2, -0.15) is 0 Å². The smallest absolute Gasteiger partial charge is 0.261 e. The summed E-state index contributed by atoms with van der Waals surface area (Å²) in [7, 11) is -2.40. The molecule has 0 unspecified atom stereocenters. The third-order valence-electron chi connectivity index (χ3n) is 4.21. The predicted molar refractivity (Wildman–Crippen MR) is 108 cm³/mol. The van der Waals surface area contributed by atoms with E-state index in [1.807, 2.05) is 0 Å². The van der Waals surface area contributed by atoms with Crippen molar-refractivity contribution < 1.29 is 4.43 Å². The molecule has 0 amide bonds. The van der Waals surface area contributed by atoms with E-state index in [4.69, 9.17) is 4.43 Å². The van der Waals surface area contributed by atoms with Crippen molar-refractivity contribution >= 4 is 36.1 Å². The Morgan fingerprint density at radius 3 is 1.88 bits per heavy atom. The molecule has 0 atom stereocenters. The van der Waals surface area contributed by atoms with Crippen molar-refractivity contribution in [1.82, 2.24) is 0 Å². The fourth-order valence-electron chi connectivity index (χ4n) is 3.18. The summed E-state index contributed by atoms with van der Waals surface area (Å²) < 4.78 is 6.73. The number of isothiocyanates is 1. The van der Waals surface area contributed by atoms with Crippen molar-refractivity contribution in [2.24, 2.45) is 4.99 Å². The third-order valence-corrected chi connectivity index (χ3v) is 9.39. The van der Waals surface area contributed by atoms with Crippen LogP contribution in [0.15, 0.2) is 65.7 Å². The van der Waals surface area contributed by atoms with Crippen LogP contribution in [0.2, 0.25) is 5.04 Å². The minimum atomic E-state index is -2.40. The second-order valence-electron chi connectivity index (χ2n) is 6.84. The van der Waals surface area contributed by atoms with E-state index >= 15 is 0 Å². The molecule has 24 heavy (non-hydrogen) atoms. The second-order valence-corrected chi connectivity index (χ2v) is 11.3. The summed E-state index contributed by atoms with van der Waals surface area (Å²) in [6, 6.07) is 21.4. The lowest BCUT2D eigenvalue weighted by molar-refractivity contribution is 0.294. The molecule has 0 saturated carbocycles. The molecule has 0 aliphatic heterocycles. The number of hydrogen-bond acceptors (Lipinski definition) is 3. The summed E-state index contributed by atoms with van der Waals surface area (Å²) in [6.07, 6.45) is 0.855. The minimum Gasteiger partial charge on any atom is -0.407 e. The first-order valence-corrected chi connectivity index (χ1v) is 10.6. The van der Waals surface area contributed by atoms with Crippen LogP contribution in [0.3, 0.4) is 0 Å². The Hall–Kier alpha value is -1.58. The van der Waals surface area contributed by atoms with Crippen molar-refractivity contribution in [3.8, 4) is 0 Å². The zero-order valence-corrected chi connectivity index (χ0v) is 16.5. The Bertz CT molecular complexity index is 636. The Morgan fingerprint density at radius 1 is 0.958 bits per heavy atom. The van der Waals surface area contributed by atoms with Crippen LogP contribution in [-0.2, 0) is 4.43 Å². The quantitative estimate of drug-likeness (QED) is 0.323. The molecule has 0 saturated heterocycles. The Kier molecular flexibility index (Phi) is 6.64. The van der Waals surface area contributed by atoms with Gasteiger partial charge in [0.25, 0.3) is 8.32 Å². The lowest BCUT2D eigenvalue weighted by Gasteiger charge is -2.43. The van der Waals surface area contributed by atoms with Crippen LogP contribution < -0.4 is 10.4 Å². The number of nitrogens with zero attached hydrogens (tertiary/aromatic N) is 1. The van der Waals surface area contributed by atoms with E-state index < -0.39 is 8.32 Å². The summed E-state index contributed by atoms with van der Waals surface area (Å²) in [5.41, 5.74) is 0. The van der Waals surface area contributed by atoms with Gasteiger partial charge >= 0.3 is 0 Å². The molecular weight excluding hydrogens is 330 g/mol. The normalized spacial score (nSPS) is 11.8. The molecule has 0 bridgehead atoms. The van der Waals surface area contributed by atoms with Gasteiger partial charge in [-0.05, 0) is 34.1 Å². The molecule has 126 valence electrons. The van der Waals surface area contributed by atoms with E-state index in [2.05, 4.69) is 104 Å². The summed E-state index contributed by atoms with van der Waals surface area (Å²) in [6.45, 7) is 8.20. The third kappa shape index (κ3) is 4.08. The fraction of sp³-hybridized carbons (Fsp3) is 0.350. The highest BCUT2D eigenvalue weighted by atomic mass is 32.1. The molecular formula is C20H25NOSSi. The van der Waals surface area contributed by atoms with Crippen molar-refractivity contribution in [3.05, 3.63) is 60.7 Å². The zero-order valence-electron chi connectivity index (χ0n) is 14.7. The standard InChI is InChI=1S/C20H25NOSSi/c1-20(2,3)24(18-11-6-4-7-12-18,19-13-8-5-9-14-19)22-16-10-15-21-17-23/h4-9,11-14H,10,15-16H2,1-3H3. The maximum atomic E-state index is 6.73. The SMILES string of the molecule is CC(C)(C)[Si](OCCCN=C=S)(c1ccccc1)c1ccccc1. The number of rotatable bonds is 7. The van der Waals surface area contributed by atoms with Gasteiger partial charge in [-0.25, -0.2) is 4.99 Å². The molecule has 0 spiro atoms. The van der Waals surface area contributed by atoms with Crippen molar-refractivity contribution in [1.29, 1.82) is 0 Å². The van der Waals surface area contributed by atoms with Gasteiger partial charge in [-0.15, -0.1) is 0 Å². The summed E-state index contributed by atoms with van der Waals surface area (Å²) >= 11 is 4.64. The predicted octanol–water partition coefficient (Wildman–Crippen LogP) is 4.06. The van der Waals surface area contributed by atoms with E-state index in [-0.39, 0.29) is 5.04 Å². The molecule has 2 aromatic rings. The highest BCUT2D eigenvalue weighted by molar-refractivity contribution is 7.78. The number of hydrogen-bond donors (Lipinski definition) is 0. The highest BCUT2D eigenvalue weighted by Crippen LogP contribution is 2.36. The fourth-order valence-corrected chi connectivity index (χ4v) is 7.87. The molecule has 4 heteroatoms. The average molecular weight is 356 g/mol. The van der Waals surface area contributed by atoms with Gasteiger partial charge < -0.3 is 4.43 Å². The number of thiocarbonyl (C=S) groups is 1. The highest BCUT2D eigenvalue weighted by Gasteiger charge is 2.49. The lowest BCUT2D eigenvalue weighted by atomic mass is 10.2. The van der Waals surface area contributed by atoms with Crippen LogP contribution in [0.1, 0.15) is 27.2 Å². The topological polar surface area (TPSA) is 21.6 Å². The number of aliphatic imine (C=N–C) groups is 1. The van der Waals surface area contributed by atoms with Crippen LogP contribution in [0, 0.1) is 0 Å². The van der Waals surface area contributed by atoms with Gasteiger partial charge in [0.2, 0.25) is 0 Å². The molecule has 0 heterocycles. The largest absolute Gasteiger partial charge is 0.407 e. The summed E-state index contributed by atoms with van der Waals surface area (Å²) in [4.78, 5) is 4.00. The van der Waals surface area contributed by atoms with E-state index in [0.717, 1.165) is 6.42 Å². The Morgan fingerprint density at radius 2 is 1.46 bits per heavy atom. The van der Waals surface area contributed by atoms with Crippen molar-refractivity contribution in [2.45, 2.75) is 32.2 Å². The van der Waals surface area contributed by atoms with Gasteiger partial charge in [0.1, 0.15) is 0 Å². The van der Waals surface area contributed by atoms with Crippen molar-refractivity contribution in [3.63, 3.8) is 0 Å². The van der Waals surface area contributed by atoms with Gasteiger partial charge in [-0.3, -0.25) is 0 Å². The van der Waals surface area contributed by atoms with E-state index in [0.29, 0.717) is 13.2 Å². The molecule has 0 aliphatic carbocycles. The van der Waals surface area contributed by atoms with Crippen LogP contribution in [0.25, 0.3) is 0 Å². The monoisotopic (exact) mass is 355 g/mol. The maximum Gasteiger partial charge on any atom is 0.261 e.